The van der Waals surface area contributed by atoms with E-state index in [1.54, 1.807) is 36.4 Å². The van der Waals surface area contributed by atoms with Crippen molar-refractivity contribution in [2.24, 2.45) is 0 Å². The van der Waals surface area contributed by atoms with Gasteiger partial charge in [0.25, 0.3) is 0 Å². The number of hydrogen-bond donors (Lipinski definition) is 0. The molecule has 0 spiro atoms. The number of halogens is 2. The predicted octanol–water partition coefficient (Wildman–Crippen LogP) is 3.66. The Hall–Kier alpha value is -1.70. The van der Waals surface area contributed by atoms with Crippen LogP contribution in [0.4, 0.5) is 4.39 Å². The Bertz CT molecular complexity index is 664. The van der Waals surface area contributed by atoms with Gasteiger partial charge in [0, 0.05) is 15.5 Å². The minimum Gasteiger partial charge on any atom is -0.254 e. The molecule has 0 aliphatic heterocycles. The summed E-state index contributed by atoms with van der Waals surface area (Å²) < 4.78 is 25.9. The monoisotopic (exact) mass is 293 g/mol. The molecule has 0 saturated heterocycles. The third kappa shape index (κ3) is 3.19. The molecular weight excluding hydrogens is 285 g/mol. The Morgan fingerprint density at radius 1 is 1.21 bits per heavy atom. The van der Waals surface area contributed by atoms with E-state index in [-0.39, 0.29) is 16.9 Å². The molecule has 0 N–H and O–H groups in total. The van der Waals surface area contributed by atoms with E-state index in [0.29, 0.717) is 9.92 Å². The van der Waals surface area contributed by atoms with Gasteiger partial charge in [-0.3, -0.25) is 4.21 Å². The molecule has 1 atom stereocenters. The Morgan fingerprint density at radius 3 is 2.53 bits per heavy atom. The summed E-state index contributed by atoms with van der Waals surface area (Å²) in [6.07, 6.45) is 0. The van der Waals surface area contributed by atoms with Crippen molar-refractivity contribution in [2.45, 2.75) is 10.6 Å². The summed E-state index contributed by atoms with van der Waals surface area (Å²) >= 11 is 5.75. The van der Waals surface area contributed by atoms with E-state index in [4.69, 9.17) is 16.9 Å². The maximum atomic E-state index is 13.8. The fourth-order valence-corrected chi connectivity index (χ4v) is 2.83. The van der Waals surface area contributed by atoms with Gasteiger partial charge in [0.2, 0.25) is 0 Å². The number of benzene rings is 2. The second kappa shape index (κ2) is 5.96. The highest BCUT2D eigenvalue weighted by Crippen LogP contribution is 2.19. The van der Waals surface area contributed by atoms with Crippen LogP contribution in [0.15, 0.2) is 47.4 Å². The first-order chi connectivity index (χ1) is 9.11. The van der Waals surface area contributed by atoms with Gasteiger partial charge in [0.05, 0.1) is 22.1 Å². The van der Waals surface area contributed by atoms with Gasteiger partial charge in [-0.25, -0.2) is 4.39 Å². The zero-order valence-electron chi connectivity index (χ0n) is 9.77. The van der Waals surface area contributed by atoms with Gasteiger partial charge in [0.15, 0.2) is 0 Å². The number of rotatable bonds is 3. The highest BCUT2D eigenvalue weighted by molar-refractivity contribution is 7.84. The van der Waals surface area contributed by atoms with E-state index >= 15 is 0 Å². The van der Waals surface area contributed by atoms with Crippen molar-refractivity contribution in [3.63, 3.8) is 0 Å². The third-order valence-electron chi connectivity index (χ3n) is 2.56. The van der Waals surface area contributed by atoms with Crippen LogP contribution in [0.3, 0.4) is 0 Å². The fraction of sp³-hybridized carbons (Fsp3) is 0.0714. The van der Waals surface area contributed by atoms with Crippen molar-refractivity contribution in [3.05, 3.63) is 64.4 Å². The van der Waals surface area contributed by atoms with E-state index in [1.165, 1.54) is 12.1 Å². The van der Waals surface area contributed by atoms with Crippen LogP contribution in [-0.4, -0.2) is 4.21 Å². The molecule has 96 valence electrons. The summed E-state index contributed by atoms with van der Waals surface area (Å²) in [5, 5.41) is 9.30. The first-order valence-electron chi connectivity index (χ1n) is 5.43. The molecule has 2 aromatic carbocycles. The van der Waals surface area contributed by atoms with Gasteiger partial charge in [0.1, 0.15) is 11.9 Å². The molecule has 0 aliphatic rings. The molecule has 2 nitrogen and oxygen atoms in total. The van der Waals surface area contributed by atoms with E-state index in [0.717, 1.165) is 0 Å². The van der Waals surface area contributed by atoms with Crippen molar-refractivity contribution in [2.75, 3.05) is 0 Å². The average molecular weight is 294 g/mol. The zero-order valence-corrected chi connectivity index (χ0v) is 11.3. The molecule has 19 heavy (non-hydrogen) atoms. The topological polar surface area (TPSA) is 40.9 Å². The largest absolute Gasteiger partial charge is 0.254 e. The first kappa shape index (κ1) is 13.7. The highest BCUT2D eigenvalue weighted by Gasteiger charge is 2.12. The molecule has 2 aromatic rings. The normalized spacial score (nSPS) is 11.8. The minimum absolute atomic E-state index is 0.0307. The van der Waals surface area contributed by atoms with E-state index < -0.39 is 16.6 Å². The Kier molecular flexibility index (Phi) is 4.31. The van der Waals surface area contributed by atoms with Crippen molar-refractivity contribution in [1.82, 2.24) is 0 Å². The Labute approximate surface area is 117 Å². The number of nitrogens with zero attached hydrogens (tertiary/aromatic N) is 1. The lowest BCUT2D eigenvalue weighted by Gasteiger charge is -2.05. The fourth-order valence-electron chi connectivity index (χ4n) is 1.59. The summed E-state index contributed by atoms with van der Waals surface area (Å²) in [6.45, 7) is 0. The maximum absolute atomic E-state index is 13.8. The molecule has 0 saturated carbocycles. The van der Waals surface area contributed by atoms with Crippen LogP contribution in [0.2, 0.25) is 5.02 Å². The van der Waals surface area contributed by atoms with Gasteiger partial charge < -0.3 is 0 Å². The molecule has 2 rings (SSSR count). The van der Waals surface area contributed by atoms with E-state index in [1.807, 2.05) is 0 Å². The summed E-state index contributed by atoms with van der Waals surface area (Å²) in [5.74, 6) is -0.574. The van der Waals surface area contributed by atoms with Crippen molar-refractivity contribution in [3.8, 4) is 6.07 Å². The lowest BCUT2D eigenvalue weighted by molar-refractivity contribution is 0.611. The molecule has 0 fully saturated rings. The highest BCUT2D eigenvalue weighted by atomic mass is 35.5. The maximum Gasteiger partial charge on any atom is 0.145 e. The van der Waals surface area contributed by atoms with Crippen LogP contribution in [0.1, 0.15) is 11.1 Å². The molecule has 0 radical (unpaired) electrons. The van der Waals surface area contributed by atoms with Crippen LogP contribution in [0, 0.1) is 17.1 Å². The SMILES string of the molecule is N#Cc1cccc(CS(=O)c2ccc(Cl)cc2)c1F. The number of hydrogen-bond acceptors (Lipinski definition) is 2. The Balaban J connectivity index is 2.25. The summed E-state index contributed by atoms with van der Waals surface area (Å²) in [5.41, 5.74) is 0.234. The molecule has 0 amide bonds. The average Bonchev–Trinajstić information content (AvgIpc) is 2.42. The van der Waals surface area contributed by atoms with Crippen LogP contribution in [0.5, 0.6) is 0 Å². The molecule has 0 heterocycles. The third-order valence-corrected chi connectivity index (χ3v) is 4.19. The number of nitriles is 1. The van der Waals surface area contributed by atoms with Crippen LogP contribution in [-0.2, 0) is 16.6 Å². The van der Waals surface area contributed by atoms with Crippen molar-refractivity contribution in [1.29, 1.82) is 5.26 Å². The lowest BCUT2D eigenvalue weighted by Crippen LogP contribution is -2.00. The molecule has 1 unspecified atom stereocenters. The first-order valence-corrected chi connectivity index (χ1v) is 7.13. The van der Waals surface area contributed by atoms with E-state index in [2.05, 4.69) is 0 Å². The smallest absolute Gasteiger partial charge is 0.145 e. The van der Waals surface area contributed by atoms with Gasteiger partial charge in [-0.2, -0.15) is 5.26 Å². The molecule has 0 aliphatic carbocycles. The zero-order chi connectivity index (χ0) is 13.8. The summed E-state index contributed by atoms with van der Waals surface area (Å²) in [4.78, 5) is 0.575. The van der Waals surface area contributed by atoms with Gasteiger partial charge in [-0.1, -0.05) is 23.7 Å². The van der Waals surface area contributed by atoms with Crippen LogP contribution >= 0.6 is 11.6 Å². The van der Waals surface area contributed by atoms with Gasteiger partial charge in [-0.05, 0) is 30.3 Å². The molecule has 0 bridgehead atoms. The van der Waals surface area contributed by atoms with Gasteiger partial charge >= 0.3 is 0 Å². The minimum atomic E-state index is -1.37. The predicted molar refractivity (Wildman–Crippen MR) is 72.7 cm³/mol. The molecule has 0 aromatic heterocycles. The summed E-state index contributed by atoms with van der Waals surface area (Å²) in [6, 6.07) is 12.8. The molecular formula is C14H9ClFNOS. The quantitative estimate of drug-likeness (QED) is 0.866. The Morgan fingerprint density at radius 2 is 1.89 bits per heavy atom. The summed E-state index contributed by atoms with van der Waals surface area (Å²) in [7, 11) is -1.37. The second-order valence-electron chi connectivity index (χ2n) is 3.83. The van der Waals surface area contributed by atoms with Crippen LogP contribution in [0.25, 0.3) is 0 Å². The lowest BCUT2D eigenvalue weighted by atomic mass is 10.1. The van der Waals surface area contributed by atoms with E-state index in [9.17, 15) is 8.60 Å². The standard InChI is InChI=1S/C14H9ClFNOS/c15-12-4-6-13(7-5-12)19(18)9-11-3-1-2-10(8-17)14(11)16/h1-7H,9H2. The van der Waals surface area contributed by atoms with Gasteiger partial charge in [-0.15, -0.1) is 0 Å². The van der Waals surface area contributed by atoms with Crippen LogP contribution < -0.4 is 0 Å². The molecule has 5 heteroatoms. The van der Waals surface area contributed by atoms with Crippen molar-refractivity contribution >= 4 is 22.4 Å². The second-order valence-corrected chi connectivity index (χ2v) is 5.72. The van der Waals surface area contributed by atoms with Crippen molar-refractivity contribution < 1.29 is 8.60 Å².